The lowest BCUT2D eigenvalue weighted by atomic mass is 9.82. The van der Waals surface area contributed by atoms with Gasteiger partial charge in [0.25, 0.3) is 0 Å². The number of carbonyl (C=O) groups is 1. The van der Waals surface area contributed by atoms with Gasteiger partial charge in [-0.25, -0.2) is 27.1 Å². The predicted octanol–water partition coefficient (Wildman–Crippen LogP) is 3.99. The first kappa shape index (κ1) is 38.1. The van der Waals surface area contributed by atoms with Crippen molar-refractivity contribution >= 4 is 55.3 Å². The summed E-state index contributed by atoms with van der Waals surface area (Å²) in [6.45, 7) is 4.71. The van der Waals surface area contributed by atoms with Gasteiger partial charge in [0.2, 0.25) is 5.91 Å². The number of β-amino-alcohol motifs (C(OH)–C–C–N with tert-alkyl or cyclic N) is 1. The van der Waals surface area contributed by atoms with E-state index in [0.29, 0.717) is 53.2 Å². The van der Waals surface area contributed by atoms with Crippen LogP contribution in [0.3, 0.4) is 0 Å². The first-order valence-electron chi connectivity index (χ1n) is 16.3. The molecule has 278 valence electrons. The maximum atomic E-state index is 12.3. The molecule has 3 unspecified atom stereocenters. The number of hydrogen-bond donors (Lipinski definition) is 3. The van der Waals surface area contributed by atoms with Crippen molar-refractivity contribution in [2.45, 2.75) is 73.2 Å². The third-order valence-electron chi connectivity index (χ3n) is 10.2. The quantitative estimate of drug-likeness (QED) is 0.0914. The number of aliphatic imine (C=N–C) groups is 1. The van der Waals surface area contributed by atoms with Crippen molar-refractivity contribution in [3.05, 3.63) is 94.4 Å². The Kier molecular flexibility index (Phi) is 10.2. The van der Waals surface area contributed by atoms with Gasteiger partial charge in [-0.3, -0.25) is 4.79 Å². The smallest absolute Gasteiger partial charge is 0.243 e. The van der Waals surface area contributed by atoms with E-state index in [2.05, 4.69) is 9.33 Å². The van der Waals surface area contributed by atoms with Crippen molar-refractivity contribution in [1.29, 1.82) is 0 Å². The van der Waals surface area contributed by atoms with Crippen LogP contribution in [0.1, 0.15) is 57.6 Å². The van der Waals surface area contributed by atoms with E-state index in [9.17, 15) is 40.9 Å². The summed E-state index contributed by atoms with van der Waals surface area (Å²) >= 11 is 0.763. The van der Waals surface area contributed by atoms with Crippen molar-refractivity contribution < 1.29 is 50.5 Å². The predicted molar refractivity (Wildman–Crippen MR) is 192 cm³/mol. The van der Waals surface area contributed by atoms with Crippen molar-refractivity contribution in [2.75, 3.05) is 28.8 Å². The molecule has 4 aliphatic rings. The average Bonchev–Trinajstić information content (AvgIpc) is 3.71. The van der Waals surface area contributed by atoms with Gasteiger partial charge in [0.05, 0.1) is 44.6 Å². The summed E-state index contributed by atoms with van der Waals surface area (Å²) in [7, 11) is -9.41. The number of rotatable bonds is 12. The number of aliphatic hydroxyl groups excluding tert-OH is 2. The third-order valence-corrected chi connectivity index (χ3v) is 12.4. The van der Waals surface area contributed by atoms with Gasteiger partial charge in [0.15, 0.2) is 0 Å². The van der Waals surface area contributed by atoms with Crippen LogP contribution in [0, 0.1) is 0 Å². The molecule has 2 aliphatic heterocycles. The number of carbonyl (C=O) groups excluding carboxylic acids is 1. The van der Waals surface area contributed by atoms with Gasteiger partial charge in [-0.15, -0.1) is 0 Å². The van der Waals surface area contributed by atoms with Crippen molar-refractivity contribution in [2.24, 2.45) is 4.99 Å². The second kappa shape index (κ2) is 14.0. The van der Waals surface area contributed by atoms with Gasteiger partial charge < -0.3 is 29.1 Å². The van der Waals surface area contributed by atoms with Crippen LogP contribution in [0.4, 0.5) is 11.4 Å². The molecule has 0 aromatic heterocycles. The molecule has 0 radical (unpaired) electrons. The minimum Gasteiger partial charge on any atom is -0.748 e. The molecule has 14 nitrogen and oxygen atoms in total. The molecule has 0 bridgehead atoms. The molecule has 2 aromatic carbocycles. The zero-order chi connectivity index (χ0) is 37.8. The number of nitrogens with zero attached hydrogens (tertiary/aromatic N) is 3. The third kappa shape index (κ3) is 7.04. The second-order valence-corrected chi connectivity index (χ2v) is 17.3. The number of fused-ring (bicyclic) bond motifs is 6. The van der Waals surface area contributed by atoms with Crippen molar-refractivity contribution in [3.63, 3.8) is 0 Å². The average molecular weight is 772 g/mol. The molecular formula is C35H37N3O11S3-2. The molecule has 0 saturated carbocycles. The summed E-state index contributed by atoms with van der Waals surface area (Å²) in [5.41, 5.74) is 5.08. The first-order valence-corrected chi connectivity index (χ1v) is 20.1. The molecule has 2 aliphatic carbocycles. The van der Waals surface area contributed by atoms with Crippen molar-refractivity contribution in [3.8, 4) is 0 Å². The Balaban J connectivity index is 1.37. The van der Waals surface area contributed by atoms with E-state index in [4.69, 9.17) is 5.26 Å². The number of hydrogen-bond acceptors (Lipinski definition) is 14. The minimum atomic E-state index is -4.71. The van der Waals surface area contributed by atoms with Crippen LogP contribution in [0.25, 0.3) is 0 Å². The largest absolute Gasteiger partial charge is 0.748 e. The van der Waals surface area contributed by atoms with E-state index in [-0.39, 0.29) is 18.2 Å². The Morgan fingerprint density at radius 1 is 0.962 bits per heavy atom. The Morgan fingerprint density at radius 3 is 2.06 bits per heavy atom. The van der Waals surface area contributed by atoms with Crippen LogP contribution < -0.4 is 9.80 Å². The second-order valence-electron chi connectivity index (χ2n) is 13.7. The zero-order valence-electron chi connectivity index (χ0n) is 28.5. The molecule has 0 fully saturated rings. The lowest BCUT2D eigenvalue weighted by Gasteiger charge is -2.28. The fraction of sp³-hybridized carbons (Fsp3) is 0.371. The van der Waals surface area contributed by atoms with Crippen LogP contribution >= 0.6 is 12.0 Å². The fourth-order valence-electron chi connectivity index (χ4n) is 8.14. The van der Waals surface area contributed by atoms with Gasteiger partial charge >= 0.3 is 0 Å². The number of benzene rings is 2. The molecule has 2 aromatic rings. The highest BCUT2D eigenvalue weighted by atomic mass is 32.2. The van der Waals surface area contributed by atoms with Crippen LogP contribution in [0.5, 0.6) is 0 Å². The Hall–Kier alpha value is -3.65. The summed E-state index contributed by atoms with van der Waals surface area (Å²) < 4.78 is 74.1. The highest BCUT2D eigenvalue weighted by molar-refractivity contribution is 7.94. The summed E-state index contributed by atoms with van der Waals surface area (Å²) in [6, 6.07) is 9.47. The Bertz CT molecular complexity index is 2210. The normalized spacial score (nSPS) is 23.7. The van der Waals surface area contributed by atoms with Gasteiger partial charge in [-0.05, 0) is 110 Å². The summed E-state index contributed by atoms with van der Waals surface area (Å²) in [5, 5.41) is 30.1. The number of aliphatic hydroxyl groups is 2. The van der Waals surface area contributed by atoms with E-state index < -0.39 is 48.8 Å². The standard InChI is InChI=1S/C35H39N3O11S3/c1-21(40)36-24(7-5-23-13-15-35(3)29-17-27(52(46,47)48)9-11-31(29)38(20-39)33(23)35)6-4-22-12-14-34(2)28-16-26(50-49-42)8-10-30(28)37(32(22)34)18-25(41)19-51(43,44)45/h4-11,16-17,25,39,41-42H,12-15,18-20H2,1-3H3,(H,43,44,45)(H,46,47,48)/p-2/b6-4+,7-5+,36-24?. The Morgan fingerprint density at radius 2 is 1.52 bits per heavy atom. The molecule has 3 atom stereocenters. The topological polar surface area (TPSA) is 220 Å². The number of amides is 1. The van der Waals surface area contributed by atoms with Crippen LogP contribution in [-0.4, -0.2) is 78.2 Å². The summed E-state index contributed by atoms with van der Waals surface area (Å²) in [4.78, 5) is 20.2. The van der Waals surface area contributed by atoms with E-state index in [1.807, 2.05) is 32.1 Å². The first-order chi connectivity index (χ1) is 24.4. The van der Waals surface area contributed by atoms with Gasteiger partial charge in [-0.1, -0.05) is 12.2 Å². The zero-order valence-corrected chi connectivity index (χ0v) is 30.9. The molecule has 0 saturated heterocycles. The fourth-order valence-corrected chi connectivity index (χ4v) is 9.59. The molecule has 2 heterocycles. The van der Waals surface area contributed by atoms with Gasteiger partial charge in [-0.2, -0.15) is 4.33 Å². The van der Waals surface area contributed by atoms with E-state index >= 15 is 0 Å². The Labute approximate surface area is 306 Å². The summed E-state index contributed by atoms with van der Waals surface area (Å²) in [6.07, 6.45) is 7.89. The van der Waals surface area contributed by atoms with Gasteiger partial charge in [0.1, 0.15) is 16.8 Å². The van der Waals surface area contributed by atoms with Crippen LogP contribution in [0.2, 0.25) is 0 Å². The number of allylic oxidation sites excluding steroid dienone is 8. The molecule has 6 rings (SSSR count). The minimum absolute atomic E-state index is 0.171. The molecule has 52 heavy (non-hydrogen) atoms. The highest BCUT2D eigenvalue weighted by Gasteiger charge is 2.49. The van der Waals surface area contributed by atoms with Crippen molar-refractivity contribution in [1.82, 2.24) is 0 Å². The molecule has 3 N–H and O–H groups in total. The number of anilines is 2. The summed E-state index contributed by atoms with van der Waals surface area (Å²) in [5.74, 6) is -1.41. The highest BCUT2D eigenvalue weighted by Crippen LogP contribution is 2.58. The lowest BCUT2D eigenvalue weighted by molar-refractivity contribution is -0.116. The van der Waals surface area contributed by atoms with Crippen LogP contribution in [-0.2, 0) is 40.2 Å². The van der Waals surface area contributed by atoms with E-state index in [1.54, 1.807) is 34.1 Å². The molecule has 1 amide bonds. The monoisotopic (exact) mass is 771 g/mol. The van der Waals surface area contributed by atoms with Crippen LogP contribution in [0.15, 0.2) is 98.0 Å². The molecule has 17 heteroatoms. The van der Waals surface area contributed by atoms with Gasteiger partial charge in [0, 0.05) is 52.0 Å². The maximum Gasteiger partial charge on any atom is 0.243 e. The SMILES string of the molecule is CC(=O)N=C(/C=C/C1=C2N(CO)c3ccc(S(=O)(=O)[O-])cc3C2(C)CC1)/C=C/C1=C2N(CC(O)CS(=O)(=O)[O-])c3ccc(SOO)cc3C2(C)CC1. The molecule has 0 spiro atoms. The van der Waals surface area contributed by atoms with E-state index in [1.165, 1.54) is 25.1 Å². The maximum absolute atomic E-state index is 12.3. The lowest BCUT2D eigenvalue weighted by Crippen LogP contribution is -2.36. The van der Waals surface area contributed by atoms with E-state index in [0.717, 1.165) is 40.1 Å². The molecular weight excluding hydrogens is 735 g/mol.